The molecule has 0 spiro atoms. The molecular formula is C11H12F4N2O3. The molecule has 0 heterocycles. The summed E-state index contributed by atoms with van der Waals surface area (Å²) in [7, 11) is 0. The van der Waals surface area contributed by atoms with Crippen LogP contribution in [0.3, 0.4) is 0 Å². The number of aliphatic hydroxyl groups excluding tert-OH is 1. The summed E-state index contributed by atoms with van der Waals surface area (Å²) in [6, 6.07) is 0.0371. The van der Waals surface area contributed by atoms with Crippen molar-refractivity contribution in [3.05, 3.63) is 29.3 Å². The molecule has 0 saturated carbocycles. The number of nitrogens with one attached hydrogen (secondary N) is 1. The lowest BCUT2D eigenvalue weighted by Gasteiger charge is -2.14. The number of hydrogen-bond acceptors (Lipinski definition) is 4. The molecule has 0 bridgehead atoms. The largest absolute Gasteiger partial charge is 0.485 e. The molecule has 9 heteroatoms. The predicted molar refractivity (Wildman–Crippen MR) is 59.8 cm³/mol. The summed E-state index contributed by atoms with van der Waals surface area (Å²) in [5.74, 6) is -8.48. The van der Waals surface area contributed by atoms with Gasteiger partial charge in [-0.3, -0.25) is 4.79 Å². The number of nitrogens with two attached hydrogens (primary N) is 1. The Morgan fingerprint density at radius 3 is 2.35 bits per heavy atom. The molecule has 112 valence electrons. The molecule has 1 rings (SSSR count). The summed E-state index contributed by atoms with van der Waals surface area (Å²) in [6.45, 7) is -1.27. The Balaban J connectivity index is 2.64. The topological polar surface area (TPSA) is 84.6 Å². The molecule has 4 N–H and O–H groups in total. The van der Waals surface area contributed by atoms with Crippen LogP contribution in [0.15, 0.2) is 6.07 Å². The van der Waals surface area contributed by atoms with E-state index in [4.69, 9.17) is 5.73 Å². The van der Waals surface area contributed by atoms with Crippen molar-refractivity contribution in [3.63, 3.8) is 0 Å². The van der Waals surface area contributed by atoms with Gasteiger partial charge >= 0.3 is 0 Å². The molecule has 1 atom stereocenters. The Morgan fingerprint density at radius 1 is 1.30 bits per heavy atom. The monoisotopic (exact) mass is 296 g/mol. The lowest BCUT2D eigenvalue weighted by atomic mass is 10.3. The highest BCUT2D eigenvalue weighted by molar-refractivity contribution is 5.77. The predicted octanol–water partition coefficient (Wildman–Crippen LogP) is 0.0576. The van der Waals surface area contributed by atoms with Crippen LogP contribution in [-0.2, 0) is 4.79 Å². The minimum absolute atomic E-state index is 0.0371. The van der Waals surface area contributed by atoms with E-state index in [1.54, 1.807) is 0 Å². The molecule has 0 saturated heterocycles. The van der Waals surface area contributed by atoms with Gasteiger partial charge < -0.3 is 20.9 Å². The van der Waals surface area contributed by atoms with E-state index < -0.39 is 47.6 Å². The molecular weight excluding hydrogens is 284 g/mol. The van der Waals surface area contributed by atoms with Crippen molar-refractivity contribution in [1.29, 1.82) is 0 Å². The number of carbonyl (C=O) groups excluding carboxylic acids is 1. The standard InChI is InChI=1S/C11H12F4N2O3/c12-6-1-7(13)10(15)11(9(6)14)20-4-5(18)3-17-8(19)2-16/h1,5,18H,2-4,16H2,(H,17,19). The molecule has 1 unspecified atom stereocenters. The molecule has 0 aliphatic carbocycles. The Morgan fingerprint density at radius 2 is 1.85 bits per heavy atom. The summed E-state index contributed by atoms with van der Waals surface area (Å²) in [6.07, 6.45) is -1.34. The maximum absolute atomic E-state index is 13.2. The van der Waals surface area contributed by atoms with E-state index in [9.17, 15) is 27.5 Å². The van der Waals surface area contributed by atoms with Gasteiger partial charge in [0.2, 0.25) is 17.5 Å². The van der Waals surface area contributed by atoms with Crippen LogP contribution in [0.5, 0.6) is 5.75 Å². The van der Waals surface area contributed by atoms with E-state index in [0.717, 1.165) is 0 Å². The van der Waals surface area contributed by atoms with Crippen LogP contribution in [0.1, 0.15) is 0 Å². The Bertz CT molecular complexity index is 473. The normalized spacial score (nSPS) is 12.1. The van der Waals surface area contributed by atoms with Crippen molar-refractivity contribution < 1.29 is 32.2 Å². The van der Waals surface area contributed by atoms with Crippen LogP contribution in [0, 0.1) is 23.3 Å². The first-order chi connectivity index (χ1) is 9.36. The fraction of sp³-hybridized carbons (Fsp3) is 0.364. The average Bonchev–Trinajstić information content (AvgIpc) is 2.42. The number of ether oxygens (including phenoxy) is 1. The number of benzene rings is 1. The third kappa shape index (κ3) is 4.07. The molecule has 0 aromatic heterocycles. The molecule has 1 aromatic carbocycles. The molecule has 0 fully saturated rings. The Kier molecular flexibility index (Phi) is 5.71. The van der Waals surface area contributed by atoms with Crippen LogP contribution in [0.4, 0.5) is 17.6 Å². The second kappa shape index (κ2) is 7.06. The summed E-state index contributed by atoms with van der Waals surface area (Å²) < 4.78 is 56.6. The highest BCUT2D eigenvalue weighted by Gasteiger charge is 2.21. The molecule has 0 aliphatic heterocycles. The van der Waals surface area contributed by atoms with Crippen molar-refractivity contribution in [2.75, 3.05) is 19.7 Å². The summed E-state index contributed by atoms with van der Waals surface area (Å²) in [5, 5.41) is 11.6. The minimum Gasteiger partial charge on any atom is -0.485 e. The van der Waals surface area contributed by atoms with E-state index in [0.29, 0.717) is 0 Å². The van der Waals surface area contributed by atoms with Gasteiger partial charge in [0.25, 0.3) is 0 Å². The van der Waals surface area contributed by atoms with Gasteiger partial charge in [-0.25, -0.2) is 8.78 Å². The van der Waals surface area contributed by atoms with Gasteiger partial charge in [-0.1, -0.05) is 0 Å². The van der Waals surface area contributed by atoms with E-state index in [2.05, 4.69) is 10.1 Å². The van der Waals surface area contributed by atoms with Crippen LogP contribution < -0.4 is 15.8 Å². The van der Waals surface area contributed by atoms with Gasteiger partial charge in [-0.2, -0.15) is 8.78 Å². The SMILES string of the molecule is NCC(=O)NCC(O)COc1c(F)c(F)cc(F)c1F. The maximum Gasteiger partial charge on any atom is 0.233 e. The van der Waals surface area contributed by atoms with Crippen molar-refractivity contribution in [2.24, 2.45) is 5.73 Å². The second-order valence-corrected chi connectivity index (χ2v) is 3.77. The molecule has 1 aromatic rings. The van der Waals surface area contributed by atoms with Crippen LogP contribution in [-0.4, -0.2) is 36.8 Å². The zero-order chi connectivity index (χ0) is 15.3. The van der Waals surface area contributed by atoms with Gasteiger partial charge in [0.15, 0.2) is 17.4 Å². The van der Waals surface area contributed by atoms with E-state index in [1.807, 2.05) is 0 Å². The maximum atomic E-state index is 13.2. The first kappa shape index (κ1) is 16.2. The van der Waals surface area contributed by atoms with Crippen LogP contribution in [0.25, 0.3) is 0 Å². The number of aliphatic hydroxyl groups is 1. The van der Waals surface area contributed by atoms with Crippen LogP contribution in [0.2, 0.25) is 0 Å². The van der Waals surface area contributed by atoms with Gasteiger partial charge in [-0.05, 0) is 0 Å². The Labute approximate surface area is 111 Å². The fourth-order valence-corrected chi connectivity index (χ4v) is 1.22. The van der Waals surface area contributed by atoms with Gasteiger partial charge in [0.1, 0.15) is 12.7 Å². The zero-order valence-corrected chi connectivity index (χ0v) is 10.1. The van der Waals surface area contributed by atoms with Crippen molar-refractivity contribution in [1.82, 2.24) is 5.32 Å². The quantitative estimate of drug-likeness (QED) is 0.512. The molecule has 5 nitrogen and oxygen atoms in total. The van der Waals surface area contributed by atoms with Crippen molar-refractivity contribution in [3.8, 4) is 5.75 Å². The van der Waals surface area contributed by atoms with E-state index in [-0.39, 0.29) is 19.2 Å². The number of hydrogen-bond donors (Lipinski definition) is 3. The molecule has 0 radical (unpaired) electrons. The number of amides is 1. The van der Waals surface area contributed by atoms with Crippen molar-refractivity contribution in [2.45, 2.75) is 6.10 Å². The van der Waals surface area contributed by atoms with E-state index in [1.165, 1.54) is 0 Å². The molecule has 0 aliphatic rings. The summed E-state index contributed by atoms with van der Waals surface area (Å²) in [4.78, 5) is 10.8. The van der Waals surface area contributed by atoms with Gasteiger partial charge in [-0.15, -0.1) is 0 Å². The average molecular weight is 296 g/mol. The highest BCUT2D eigenvalue weighted by atomic mass is 19.2. The minimum atomic E-state index is -1.71. The van der Waals surface area contributed by atoms with E-state index >= 15 is 0 Å². The Hall–Kier alpha value is -1.87. The van der Waals surface area contributed by atoms with Gasteiger partial charge in [0.05, 0.1) is 6.54 Å². The second-order valence-electron chi connectivity index (χ2n) is 3.77. The summed E-state index contributed by atoms with van der Waals surface area (Å²) in [5.41, 5.74) is 4.99. The van der Waals surface area contributed by atoms with Gasteiger partial charge in [0, 0.05) is 12.6 Å². The number of rotatable bonds is 6. The first-order valence-electron chi connectivity index (χ1n) is 5.47. The fourth-order valence-electron chi connectivity index (χ4n) is 1.22. The smallest absolute Gasteiger partial charge is 0.233 e. The number of carbonyl (C=O) groups is 1. The molecule has 1 amide bonds. The third-order valence-corrected chi connectivity index (χ3v) is 2.21. The lowest BCUT2D eigenvalue weighted by Crippen LogP contribution is -2.38. The number of halogens is 4. The zero-order valence-electron chi connectivity index (χ0n) is 10.1. The lowest BCUT2D eigenvalue weighted by molar-refractivity contribution is -0.120. The summed E-state index contributed by atoms with van der Waals surface area (Å²) >= 11 is 0. The highest BCUT2D eigenvalue weighted by Crippen LogP contribution is 2.26. The third-order valence-electron chi connectivity index (χ3n) is 2.21. The molecule has 20 heavy (non-hydrogen) atoms. The van der Waals surface area contributed by atoms with Crippen molar-refractivity contribution >= 4 is 5.91 Å². The first-order valence-corrected chi connectivity index (χ1v) is 5.47. The van der Waals surface area contributed by atoms with Crippen LogP contribution >= 0.6 is 0 Å².